The molecule has 9 nitrogen and oxygen atoms in total. The molecule has 0 heterocycles. The van der Waals surface area contributed by atoms with Gasteiger partial charge in [0, 0.05) is 23.1 Å². The first-order valence-corrected chi connectivity index (χ1v) is 16.4. The quantitative estimate of drug-likeness (QED) is 0.275. The third-order valence-electron chi connectivity index (χ3n) is 7.68. The van der Waals surface area contributed by atoms with Crippen LogP contribution in [0.25, 0.3) is 0 Å². The lowest BCUT2D eigenvalue weighted by atomic mass is 10.1. The van der Waals surface area contributed by atoms with Crippen molar-refractivity contribution in [1.29, 1.82) is 0 Å². The number of nitrogens with one attached hydrogen (secondary N) is 1. The minimum Gasteiger partial charge on any atom is -0.493 e. The molecule has 1 atom stereocenters. The number of hydrogen-bond acceptors (Lipinski definition) is 6. The second kappa shape index (κ2) is 14.3. The average Bonchev–Trinajstić information content (AvgIpc) is 3.52. The summed E-state index contributed by atoms with van der Waals surface area (Å²) in [4.78, 5) is 29.0. The van der Waals surface area contributed by atoms with E-state index in [4.69, 9.17) is 9.47 Å². The Kier molecular flexibility index (Phi) is 10.7. The summed E-state index contributed by atoms with van der Waals surface area (Å²) in [5.74, 6) is -0.0641. The normalized spacial score (nSPS) is 14.2. The number of halogens is 1. The summed E-state index contributed by atoms with van der Waals surface area (Å²) in [7, 11) is -1.26. The molecule has 11 heteroatoms. The predicted molar refractivity (Wildman–Crippen MR) is 170 cm³/mol. The maximum Gasteiger partial charge on any atom is 0.264 e. The zero-order valence-corrected chi connectivity index (χ0v) is 27.3. The smallest absolute Gasteiger partial charge is 0.264 e. The van der Waals surface area contributed by atoms with Crippen LogP contribution in [0.15, 0.2) is 76.1 Å². The number of benzene rings is 3. The number of carbonyl (C=O) groups is 2. The monoisotopic (exact) mass is 671 g/mol. The minimum atomic E-state index is -4.20. The van der Waals surface area contributed by atoms with Gasteiger partial charge in [0.25, 0.3) is 10.0 Å². The van der Waals surface area contributed by atoms with Crippen LogP contribution in [-0.4, -0.2) is 58.0 Å². The number of methoxy groups -OCH3 is 2. The van der Waals surface area contributed by atoms with Crippen LogP contribution in [0.4, 0.5) is 5.69 Å². The van der Waals surface area contributed by atoms with Crippen molar-refractivity contribution >= 4 is 43.5 Å². The minimum absolute atomic E-state index is 0.0344. The first-order valence-electron chi connectivity index (χ1n) is 14.2. The van der Waals surface area contributed by atoms with Crippen molar-refractivity contribution in [3.63, 3.8) is 0 Å². The van der Waals surface area contributed by atoms with Crippen molar-refractivity contribution in [2.75, 3.05) is 25.1 Å². The van der Waals surface area contributed by atoms with Crippen molar-refractivity contribution in [3.8, 4) is 11.5 Å². The third-order valence-corrected chi connectivity index (χ3v) is 9.99. The Balaban J connectivity index is 1.72. The van der Waals surface area contributed by atoms with Gasteiger partial charge < -0.3 is 19.7 Å². The van der Waals surface area contributed by atoms with Gasteiger partial charge in [0.2, 0.25) is 11.8 Å². The summed E-state index contributed by atoms with van der Waals surface area (Å²) in [5.41, 5.74) is 1.92. The number of anilines is 1. The van der Waals surface area contributed by atoms with Gasteiger partial charge in [0.05, 0.1) is 24.8 Å². The summed E-state index contributed by atoms with van der Waals surface area (Å²) in [6, 6.07) is 17.8. The van der Waals surface area contributed by atoms with Crippen molar-refractivity contribution in [2.24, 2.45) is 0 Å². The summed E-state index contributed by atoms with van der Waals surface area (Å²) >= 11 is 3.43. The van der Waals surface area contributed by atoms with Crippen LogP contribution in [0.3, 0.4) is 0 Å². The lowest BCUT2D eigenvalue weighted by Crippen LogP contribution is -2.52. The van der Waals surface area contributed by atoms with Crippen LogP contribution >= 0.6 is 15.9 Å². The summed E-state index contributed by atoms with van der Waals surface area (Å²) < 4.78 is 40.9. The van der Waals surface area contributed by atoms with Crippen molar-refractivity contribution in [1.82, 2.24) is 10.2 Å². The van der Waals surface area contributed by atoms with Crippen LogP contribution in [0.2, 0.25) is 0 Å². The van der Waals surface area contributed by atoms with E-state index < -0.39 is 28.5 Å². The zero-order valence-electron chi connectivity index (χ0n) is 24.9. The Morgan fingerprint density at radius 2 is 1.58 bits per heavy atom. The fraction of sp³-hybridized carbons (Fsp3) is 0.375. The van der Waals surface area contributed by atoms with Crippen LogP contribution in [0, 0.1) is 6.92 Å². The highest BCUT2D eigenvalue weighted by Gasteiger charge is 2.33. The Morgan fingerprint density at radius 3 is 2.19 bits per heavy atom. The van der Waals surface area contributed by atoms with E-state index in [9.17, 15) is 18.0 Å². The van der Waals surface area contributed by atoms with E-state index >= 15 is 0 Å². The second-order valence-corrected chi connectivity index (χ2v) is 13.5. The first-order chi connectivity index (χ1) is 20.5. The second-order valence-electron chi connectivity index (χ2n) is 10.7. The third kappa shape index (κ3) is 7.88. The van der Waals surface area contributed by atoms with Gasteiger partial charge in [0.1, 0.15) is 12.6 Å². The number of nitrogens with zero attached hydrogens (tertiary/aromatic N) is 2. The van der Waals surface area contributed by atoms with Gasteiger partial charge in [-0.05, 0) is 68.7 Å². The number of sulfonamides is 1. The van der Waals surface area contributed by atoms with E-state index in [2.05, 4.69) is 21.2 Å². The molecule has 1 saturated carbocycles. The van der Waals surface area contributed by atoms with Gasteiger partial charge >= 0.3 is 0 Å². The van der Waals surface area contributed by atoms with Gasteiger partial charge in [-0.25, -0.2) is 8.42 Å². The van der Waals surface area contributed by atoms with Crippen molar-refractivity contribution in [2.45, 2.75) is 63.1 Å². The zero-order chi connectivity index (χ0) is 31.1. The van der Waals surface area contributed by atoms with Gasteiger partial charge in [-0.2, -0.15) is 0 Å². The summed E-state index contributed by atoms with van der Waals surface area (Å²) in [6.45, 7) is 3.12. The molecule has 0 bridgehead atoms. The van der Waals surface area contributed by atoms with E-state index in [0.717, 1.165) is 45.6 Å². The predicted octanol–water partition coefficient (Wildman–Crippen LogP) is 5.45. The Bertz CT molecular complexity index is 1520. The molecular weight excluding hydrogens is 634 g/mol. The molecule has 1 aliphatic carbocycles. The highest BCUT2D eigenvalue weighted by Crippen LogP contribution is 2.34. The number of carbonyl (C=O) groups excluding carboxylic acids is 2. The van der Waals surface area contributed by atoms with Crippen molar-refractivity contribution in [3.05, 3.63) is 82.3 Å². The molecule has 0 spiro atoms. The molecular formula is C32H38BrN3O6S. The van der Waals surface area contributed by atoms with Gasteiger partial charge in [-0.1, -0.05) is 58.6 Å². The molecule has 0 aliphatic heterocycles. The molecule has 2 amide bonds. The molecule has 1 aliphatic rings. The maximum atomic E-state index is 14.2. The highest BCUT2D eigenvalue weighted by molar-refractivity contribution is 9.10. The van der Waals surface area contributed by atoms with Crippen LogP contribution in [0.5, 0.6) is 11.5 Å². The molecule has 0 aromatic heterocycles. The molecule has 43 heavy (non-hydrogen) atoms. The van der Waals surface area contributed by atoms with Crippen LogP contribution in [0.1, 0.15) is 43.7 Å². The fourth-order valence-corrected chi connectivity index (χ4v) is 6.78. The van der Waals surface area contributed by atoms with Crippen molar-refractivity contribution < 1.29 is 27.5 Å². The van der Waals surface area contributed by atoms with Crippen LogP contribution < -0.4 is 19.1 Å². The van der Waals surface area contributed by atoms with E-state index in [1.165, 1.54) is 37.3 Å². The first kappa shape index (κ1) is 32.3. The largest absolute Gasteiger partial charge is 0.493 e. The van der Waals surface area contributed by atoms with E-state index in [1.54, 1.807) is 31.2 Å². The SMILES string of the molecule is COc1ccc(N(CC(=O)N(Cc2ccc(Br)cc2)[C@@H](C)C(=O)NC2CCCC2)S(=O)(=O)c2ccc(C)cc2)cc1OC. The lowest BCUT2D eigenvalue weighted by molar-refractivity contribution is -0.139. The Hall–Kier alpha value is -3.57. The molecule has 4 rings (SSSR count). The molecule has 3 aromatic rings. The molecule has 0 saturated heterocycles. The molecule has 0 radical (unpaired) electrons. The molecule has 230 valence electrons. The molecule has 0 unspecified atom stereocenters. The number of hydrogen-bond donors (Lipinski definition) is 1. The number of amides is 2. The topological polar surface area (TPSA) is 105 Å². The van der Waals surface area contributed by atoms with E-state index in [-0.39, 0.29) is 29.1 Å². The average molecular weight is 673 g/mol. The highest BCUT2D eigenvalue weighted by atomic mass is 79.9. The number of rotatable bonds is 12. The number of ether oxygens (including phenoxy) is 2. The lowest BCUT2D eigenvalue weighted by Gasteiger charge is -2.32. The molecule has 1 N–H and O–H groups in total. The fourth-order valence-electron chi connectivity index (χ4n) is 5.11. The van der Waals surface area contributed by atoms with E-state index in [1.807, 2.05) is 31.2 Å². The Morgan fingerprint density at radius 1 is 0.953 bits per heavy atom. The van der Waals surface area contributed by atoms with Gasteiger partial charge in [-0.3, -0.25) is 13.9 Å². The van der Waals surface area contributed by atoms with Crippen LogP contribution in [-0.2, 0) is 26.2 Å². The van der Waals surface area contributed by atoms with E-state index in [0.29, 0.717) is 11.5 Å². The van der Waals surface area contributed by atoms with Gasteiger partial charge in [0.15, 0.2) is 11.5 Å². The van der Waals surface area contributed by atoms with Gasteiger partial charge in [-0.15, -0.1) is 0 Å². The standard InChI is InChI=1S/C32H38BrN3O6S/c1-22-9-16-28(17-10-22)43(39,40)36(27-15-18-29(41-3)30(19-27)42-4)21-31(37)35(20-24-11-13-25(33)14-12-24)23(2)32(38)34-26-7-5-6-8-26/h9-19,23,26H,5-8,20-21H2,1-4H3,(H,34,38)/t23-/m0/s1. The number of aryl methyl sites for hydroxylation is 1. The summed E-state index contributed by atoms with van der Waals surface area (Å²) in [5, 5.41) is 3.08. The summed E-state index contributed by atoms with van der Waals surface area (Å²) in [6.07, 6.45) is 3.91. The maximum absolute atomic E-state index is 14.2. The molecule has 1 fully saturated rings. The molecule has 3 aromatic carbocycles. The Labute approximate surface area is 262 Å².